The molecule has 2 aromatic rings. The van der Waals surface area contributed by atoms with E-state index in [4.69, 9.17) is 9.47 Å². The zero-order valence-corrected chi connectivity index (χ0v) is 18.9. The van der Waals surface area contributed by atoms with E-state index in [0.717, 1.165) is 5.56 Å². The van der Waals surface area contributed by atoms with Crippen LogP contribution >= 0.6 is 0 Å². The minimum atomic E-state index is -1.64. The lowest BCUT2D eigenvalue weighted by molar-refractivity contribution is -0.131. The topological polar surface area (TPSA) is 105 Å². The van der Waals surface area contributed by atoms with Crippen LogP contribution in [0.2, 0.25) is 0 Å². The van der Waals surface area contributed by atoms with Gasteiger partial charge in [0.1, 0.15) is 11.4 Å². The van der Waals surface area contributed by atoms with Crippen molar-refractivity contribution in [2.45, 2.75) is 38.5 Å². The fourth-order valence-corrected chi connectivity index (χ4v) is 4.06. The van der Waals surface area contributed by atoms with E-state index in [9.17, 15) is 19.2 Å². The molecular weight excluding hydrogens is 426 g/mol. The summed E-state index contributed by atoms with van der Waals surface area (Å²) in [5.41, 5.74) is -0.836. The van der Waals surface area contributed by atoms with E-state index in [1.807, 2.05) is 0 Å². The predicted octanol–water partition coefficient (Wildman–Crippen LogP) is 3.03. The summed E-state index contributed by atoms with van der Waals surface area (Å²) in [6, 6.07) is 12.8. The molecule has 2 heterocycles. The van der Waals surface area contributed by atoms with Crippen LogP contribution in [0.1, 0.15) is 42.3 Å². The van der Waals surface area contributed by atoms with Crippen LogP contribution < -0.4 is 10.1 Å². The van der Waals surface area contributed by atoms with Gasteiger partial charge in [0.2, 0.25) is 0 Å². The summed E-state index contributed by atoms with van der Waals surface area (Å²) < 4.78 is 10.5. The molecule has 33 heavy (non-hydrogen) atoms. The molecule has 0 spiro atoms. The summed E-state index contributed by atoms with van der Waals surface area (Å²) in [6.45, 7) is 5.00. The number of amides is 5. The Morgan fingerprint density at radius 2 is 1.79 bits per heavy atom. The number of hydrogen-bond donors (Lipinski definition) is 1. The second-order valence-electron chi connectivity index (χ2n) is 9.01. The van der Waals surface area contributed by atoms with Gasteiger partial charge in [-0.05, 0) is 50.1 Å². The third kappa shape index (κ3) is 3.90. The highest BCUT2D eigenvalue weighted by Crippen LogP contribution is 2.35. The van der Waals surface area contributed by atoms with Gasteiger partial charge in [0.25, 0.3) is 11.8 Å². The fourth-order valence-electron chi connectivity index (χ4n) is 4.06. The molecule has 1 N–H and O–H groups in total. The Balaban J connectivity index is 1.70. The average Bonchev–Trinajstić information content (AvgIpc) is 3.20. The van der Waals surface area contributed by atoms with Gasteiger partial charge in [-0.1, -0.05) is 30.3 Å². The van der Waals surface area contributed by atoms with E-state index in [0.29, 0.717) is 21.8 Å². The van der Waals surface area contributed by atoms with E-state index < -0.39 is 29.2 Å². The number of carbonyl (C=O) groups is 4. The molecule has 0 aliphatic carbocycles. The number of rotatable bonds is 4. The lowest BCUT2D eigenvalue weighted by Gasteiger charge is -2.31. The van der Waals surface area contributed by atoms with Crippen molar-refractivity contribution in [2.75, 3.05) is 13.7 Å². The van der Waals surface area contributed by atoms with Crippen LogP contribution in [0.3, 0.4) is 0 Å². The normalized spacial score (nSPS) is 20.1. The lowest BCUT2D eigenvalue weighted by Crippen LogP contribution is -2.53. The zero-order valence-electron chi connectivity index (χ0n) is 18.9. The SMILES string of the molecule is COc1ccc2c(c1)CN(CC1(c3ccccc3)NC(=O)N(C(=O)OC(C)(C)C)C1=O)C2=O. The molecule has 1 atom stereocenters. The third-order valence-electron chi connectivity index (χ3n) is 5.55. The van der Waals surface area contributed by atoms with Crippen molar-refractivity contribution in [3.05, 3.63) is 65.2 Å². The number of benzene rings is 2. The summed E-state index contributed by atoms with van der Waals surface area (Å²) in [5.74, 6) is -0.461. The number of imide groups is 3. The summed E-state index contributed by atoms with van der Waals surface area (Å²) in [5, 5.41) is 2.67. The summed E-state index contributed by atoms with van der Waals surface area (Å²) in [7, 11) is 1.54. The number of urea groups is 1. The van der Waals surface area contributed by atoms with Gasteiger partial charge in [-0.3, -0.25) is 9.59 Å². The van der Waals surface area contributed by atoms with Gasteiger partial charge in [0, 0.05) is 12.1 Å². The lowest BCUT2D eigenvalue weighted by atomic mass is 9.89. The highest BCUT2D eigenvalue weighted by Gasteiger charge is 2.57. The molecule has 2 aliphatic rings. The molecule has 2 aliphatic heterocycles. The quantitative estimate of drug-likeness (QED) is 0.717. The second kappa shape index (κ2) is 7.91. The smallest absolute Gasteiger partial charge is 0.425 e. The molecule has 1 unspecified atom stereocenters. The predicted molar refractivity (Wildman–Crippen MR) is 117 cm³/mol. The zero-order chi connectivity index (χ0) is 24.0. The van der Waals surface area contributed by atoms with Crippen LogP contribution in [0.5, 0.6) is 5.75 Å². The molecule has 0 radical (unpaired) electrons. The molecule has 0 aromatic heterocycles. The number of nitrogens with one attached hydrogen (secondary N) is 1. The largest absolute Gasteiger partial charge is 0.497 e. The maximum Gasteiger partial charge on any atom is 0.425 e. The van der Waals surface area contributed by atoms with E-state index in [2.05, 4.69) is 5.32 Å². The maximum atomic E-state index is 13.6. The molecule has 2 aromatic carbocycles. The fraction of sp³-hybridized carbons (Fsp3) is 0.333. The molecule has 4 rings (SSSR count). The number of fused-ring (bicyclic) bond motifs is 1. The van der Waals surface area contributed by atoms with Crippen LogP contribution in [0.4, 0.5) is 9.59 Å². The van der Waals surface area contributed by atoms with Gasteiger partial charge in [-0.25, -0.2) is 9.59 Å². The van der Waals surface area contributed by atoms with E-state index >= 15 is 0 Å². The van der Waals surface area contributed by atoms with Crippen molar-refractivity contribution in [3.8, 4) is 5.75 Å². The van der Waals surface area contributed by atoms with Crippen molar-refractivity contribution < 1.29 is 28.7 Å². The van der Waals surface area contributed by atoms with Gasteiger partial charge in [-0.15, -0.1) is 0 Å². The molecule has 9 heteroatoms. The highest BCUT2D eigenvalue weighted by molar-refractivity contribution is 6.17. The van der Waals surface area contributed by atoms with Crippen molar-refractivity contribution >= 4 is 23.9 Å². The van der Waals surface area contributed by atoms with Crippen molar-refractivity contribution in [1.29, 1.82) is 0 Å². The van der Waals surface area contributed by atoms with Crippen LogP contribution in [-0.4, -0.2) is 53.0 Å². The monoisotopic (exact) mass is 451 g/mol. The molecular formula is C24H25N3O6. The first-order valence-corrected chi connectivity index (χ1v) is 10.5. The van der Waals surface area contributed by atoms with Gasteiger partial charge < -0.3 is 19.7 Å². The second-order valence-corrected chi connectivity index (χ2v) is 9.01. The van der Waals surface area contributed by atoms with E-state index in [1.54, 1.807) is 76.4 Å². The first kappa shape index (κ1) is 22.3. The van der Waals surface area contributed by atoms with Gasteiger partial charge >= 0.3 is 12.1 Å². The molecule has 0 saturated carbocycles. The van der Waals surface area contributed by atoms with Crippen molar-refractivity contribution in [1.82, 2.24) is 15.1 Å². The molecule has 0 bridgehead atoms. The minimum Gasteiger partial charge on any atom is -0.497 e. The van der Waals surface area contributed by atoms with E-state index in [1.165, 1.54) is 4.90 Å². The Bertz CT molecular complexity index is 1140. The summed E-state index contributed by atoms with van der Waals surface area (Å²) >= 11 is 0. The van der Waals surface area contributed by atoms with Crippen LogP contribution in [0.15, 0.2) is 48.5 Å². The molecule has 1 fully saturated rings. The molecule has 5 amide bonds. The third-order valence-corrected chi connectivity index (χ3v) is 5.55. The standard InChI is InChI=1S/C24H25N3O6/c1-23(2,3)33-22(31)27-20(29)24(25-21(27)30,16-8-6-5-7-9-16)14-26-13-15-12-17(32-4)10-11-18(15)19(26)28/h5-12H,13-14H2,1-4H3,(H,25,30). The minimum absolute atomic E-state index is 0.156. The van der Waals surface area contributed by atoms with Crippen LogP contribution in [0.25, 0.3) is 0 Å². The number of carbonyl (C=O) groups excluding carboxylic acids is 4. The number of methoxy groups -OCH3 is 1. The molecule has 9 nitrogen and oxygen atoms in total. The van der Waals surface area contributed by atoms with Crippen molar-refractivity contribution in [2.24, 2.45) is 0 Å². The Morgan fingerprint density at radius 1 is 1.09 bits per heavy atom. The van der Waals surface area contributed by atoms with Gasteiger partial charge in [0.15, 0.2) is 5.54 Å². The Kier molecular flexibility index (Phi) is 5.35. The van der Waals surface area contributed by atoms with Crippen LogP contribution in [0, 0.1) is 0 Å². The summed E-state index contributed by atoms with van der Waals surface area (Å²) in [4.78, 5) is 54.2. The van der Waals surface area contributed by atoms with Gasteiger partial charge in [0.05, 0.1) is 13.7 Å². The first-order chi connectivity index (χ1) is 15.6. The van der Waals surface area contributed by atoms with Gasteiger partial charge in [-0.2, -0.15) is 4.90 Å². The number of hydrogen-bond acceptors (Lipinski definition) is 6. The maximum absolute atomic E-state index is 13.6. The number of ether oxygens (including phenoxy) is 2. The number of nitrogens with zero attached hydrogens (tertiary/aromatic N) is 2. The van der Waals surface area contributed by atoms with Crippen LogP contribution in [-0.2, 0) is 21.6 Å². The highest BCUT2D eigenvalue weighted by atomic mass is 16.6. The molecule has 1 saturated heterocycles. The molecule has 172 valence electrons. The Labute approximate surface area is 191 Å². The Morgan fingerprint density at radius 3 is 2.42 bits per heavy atom. The Hall–Kier alpha value is -3.88. The first-order valence-electron chi connectivity index (χ1n) is 10.5. The van der Waals surface area contributed by atoms with Crippen molar-refractivity contribution in [3.63, 3.8) is 0 Å². The average molecular weight is 451 g/mol. The van der Waals surface area contributed by atoms with E-state index in [-0.39, 0.29) is 19.0 Å². The summed E-state index contributed by atoms with van der Waals surface area (Å²) in [6.07, 6.45) is -1.07.